The Morgan fingerprint density at radius 2 is 1.88 bits per heavy atom. The Morgan fingerprint density at radius 1 is 1.17 bits per heavy atom. The zero-order chi connectivity index (χ0) is 17.1. The molecule has 4 nitrogen and oxygen atoms in total. The van der Waals surface area contributed by atoms with Gasteiger partial charge in [-0.3, -0.25) is 4.79 Å². The van der Waals surface area contributed by atoms with Crippen molar-refractivity contribution < 1.29 is 18.3 Å². The fraction of sp³-hybridized carbons (Fsp3) is 0.211. The zero-order valence-electron chi connectivity index (χ0n) is 13.6. The molecule has 5 heteroatoms. The third kappa shape index (κ3) is 3.11. The number of nitrogens with zero attached hydrogens (tertiary/aromatic N) is 1. The quantitative estimate of drug-likeness (QED) is 0.710. The number of benzene rings is 2. The molecule has 24 heavy (non-hydrogen) atoms. The largest absolute Gasteiger partial charge is 0.489 e. The number of hydrogen-bond donors (Lipinski definition) is 0. The number of furan rings is 1. The Kier molecular flexibility index (Phi) is 4.51. The normalized spacial score (nSPS) is 10.8. The lowest BCUT2D eigenvalue weighted by Gasteiger charge is -2.16. The van der Waals surface area contributed by atoms with Gasteiger partial charge in [-0.1, -0.05) is 30.3 Å². The number of para-hydroxylation sites is 2. The molecule has 0 saturated carbocycles. The number of ether oxygens (including phenoxy) is 1. The molecule has 0 fully saturated rings. The number of likely N-dealkylation sites (N-methyl/N-ethyl adjacent to an activating group) is 1. The highest BCUT2D eigenvalue weighted by Gasteiger charge is 2.20. The van der Waals surface area contributed by atoms with Crippen molar-refractivity contribution in [3.8, 4) is 5.75 Å². The van der Waals surface area contributed by atoms with Crippen molar-refractivity contribution in [3.05, 3.63) is 65.7 Å². The van der Waals surface area contributed by atoms with Gasteiger partial charge in [0.2, 0.25) is 0 Å². The molecule has 0 aliphatic heterocycles. The van der Waals surface area contributed by atoms with E-state index in [0.717, 1.165) is 10.9 Å². The van der Waals surface area contributed by atoms with E-state index in [-0.39, 0.29) is 18.3 Å². The number of hydrogen-bond acceptors (Lipinski definition) is 3. The van der Waals surface area contributed by atoms with Gasteiger partial charge in [0.25, 0.3) is 5.91 Å². The summed E-state index contributed by atoms with van der Waals surface area (Å²) in [6.07, 6.45) is 0. The summed E-state index contributed by atoms with van der Waals surface area (Å²) in [4.78, 5) is 14.1. The minimum Gasteiger partial charge on any atom is -0.489 e. The number of rotatable bonds is 5. The lowest BCUT2D eigenvalue weighted by molar-refractivity contribution is 0.0743. The third-order valence-electron chi connectivity index (χ3n) is 3.91. The SMILES string of the molecule is Cc1c(C(=O)N(C)CCOc2ccccc2F)oc2ccccc12. The van der Waals surface area contributed by atoms with Crippen molar-refractivity contribution in [2.24, 2.45) is 0 Å². The predicted octanol–water partition coefficient (Wildman–Crippen LogP) is 4.03. The van der Waals surface area contributed by atoms with E-state index in [1.165, 1.54) is 11.0 Å². The number of fused-ring (bicyclic) bond motifs is 1. The van der Waals surface area contributed by atoms with Gasteiger partial charge in [-0.2, -0.15) is 0 Å². The molecular formula is C19H18FNO3. The number of aryl methyl sites for hydroxylation is 1. The van der Waals surface area contributed by atoms with E-state index in [9.17, 15) is 9.18 Å². The molecule has 0 atom stereocenters. The van der Waals surface area contributed by atoms with Gasteiger partial charge in [-0.25, -0.2) is 4.39 Å². The first-order valence-corrected chi connectivity index (χ1v) is 7.69. The molecule has 0 N–H and O–H groups in total. The molecule has 0 saturated heterocycles. The van der Waals surface area contributed by atoms with Crippen LogP contribution in [-0.2, 0) is 0 Å². The highest BCUT2D eigenvalue weighted by atomic mass is 19.1. The first kappa shape index (κ1) is 16.1. The van der Waals surface area contributed by atoms with E-state index in [0.29, 0.717) is 17.9 Å². The molecule has 3 rings (SSSR count). The minimum atomic E-state index is -0.417. The molecule has 1 amide bonds. The van der Waals surface area contributed by atoms with Crippen molar-refractivity contribution in [2.45, 2.75) is 6.92 Å². The molecule has 124 valence electrons. The Labute approximate surface area is 139 Å². The maximum atomic E-state index is 13.5. The average molecular weight is 327 g/mol. The van der Waals surface area contributed by atoms with Gasteiger partial charge < -0.3 is 14.1 Å². The summed E-state index contributed by atoms with van der Waals surface area (Å²) in [5.74, 6) is -0.136. The second-order valence-corrected chi connectivity index (χ2v) is 5.56. The summed E-state index contributed by atoms with van der Waals surface area (Å²) < 4.78 is 24.5. The standard InChI is InChI=1S/C19H18FNO3/c1-13-14-7-3-5-9-16(14)24-18(13)19(22)21(2)11-12-23-17-10-6-4-8-15(17)20/h3-10H,11-12H2,1-2H3. The molecule has 0 aliphatic carbocycles. The van der Waals surface area contributed by atoms with Crippen LogP contribution in [0.5, 0.6) is 5.75 Å². The molecule has 2 aromatic carbocycles. The Bertz CT molecular complexity index is 872. The van der Waals surface area contributed by atoms with E-state index >= 15 is 0 Å². The van der Waals surface area contributed by atoms with Gasteiger partial charge in [0.15, 0.2) is 17.3 Å². The van der Waals surface area contributed by atoms with Crippen molar-refractivity contribution in [3.63, 3.8) is 0 Å². The van der Waals surface area contributed by atoms with Gasteiger partial charge in [0, 0.05) is 18.0 Å². The smallest absolute Gasteiger partial charge is 0.289 e. The Balaban J connectivity index is 1.66. The molecule has 1 aromatic heterocycles. The second kappa shape index (κ2) is 6.74. The Hall–Kier alpha value is -2.82. The molecule has 1 heterocycles. The highest BCUT2D eigenvalue weighted by Crippen LogP contribution is 2.25. The maximum Gasteiger partial charge on any atom is 0.289 e. The number of carbonyl (C=O) groups is 1. The first-order chi connectivity index (χ1) is 11.6. The fourth-order valence-corrected chi connectivity index (χ4v) is 2.51. The van der Waals surface area contributed by atoms with Crippen LogP contribution in [0.3, 0.4) is 0 Å². The van der Waals surface area contributed by atoms with Crippen LogP contribution in [-0.4, -0.2) is 31.0 Å². The molecule has 3 aromatic rings. The molecule has 0 radical (unpaired) electrons. The molecule has 0 aliphatic rings. The van der Waals surface area contributed by atoms with E-state index in [1.807, 2.05) is 31.2 Å². The van der Waals surface area contributed by atoms with Crippen molar-refractivity contribution in [2.75, 3.05) is 20.2 Å². The lowest BCUT2D eigenvalue weighted by Crippen LogP contribution is -2.31. The van der Waals surface area contributed by atoms with Crippen LogP contribution in [0.15, 0.2) is 52.9 Å². The molecule has 0 spiro atoms. The van der Waals surface area contributed by atoms with E-state index in [4.69, 9.17) is 9.15 Å². The number of amides is 1. The van der Waals surface area contributed by atoms with Crippen molar-refractivity contribution in [1.29, 1.82) is 0 Å². The van der Waals surface area contributed by atoms with Crippen LogP contribution in [0.4, 0.5) is 4.39 Å². The second-order valence-electron chi connectivity index (χ2n) is 5.56. The average Bonchev–Trinajstić information content (AvgIpc) is 2.93. The van der Waals surface area contributed by atoms with Crippen LogP contribution < -0.4 is 4.74 Å². The Morgan fingerprint density at radius 3 is 2.62 bits per heavy atom. The topological polar surface area (TPSA) is 42.7 Å². The van der Waals surface area contributed by atoms with Crippen LogP contribution in [0.2, 0.25) is 0 Å². The lowest BCUT2D eigenvalue weighted by atomic mass is 10.1. The van der Waals surface area contributed by atoms with Gasteiger partial charge in [0.05, 0.1) is 6.54 Å². The summed E-state index contributed by atoms with van der Waals surface area (Å²) in [7, 11) is 1.67. The third-order valence-corrected chi connectivity index (χ3v) is 3.91. The fourth-order valence-electron chi connectivity index (χ4n) is 2.51. The van der Waals surface area contributed by atoms with Gasteiger partial charge in [-0.15, -0.1) is 0 Å². The number of carbonyl (C=O) groups excluding carboxylic acids is 1. The molecular weight excluding hydrogens is 309 g/mol. The highest BCUT2D eigenvalue weighted by molar-refractivity contribution is 5.98. The summed E-state index contributed by atoms with van der Waals surface area (Å²) in [6, 6.07) is 13.7. The first-order valence-electron chi connectivity index (χ1n) is 7.69. The van der Waals surface area contributed by atoms with Crippen LogP contribution in [0.25, 0.3) is 11.0 Å². The van der Waals surface area contributed by atoms with Gasteiger partial charge in [-0.05, 0) is 25.1 Å². The molecule has 0 bridgehead atoms. The van der Waals surface area contributed by atoms with Gasteiger partial charge in [0.1, 0.15) is 12.2 Å². The predicted molar refractivity (Wildman–Crippen MR) is 89.8 cm³/mol. The van der Waals surface area contributed by atoms with Crippen LogP contribution in [0.1, 0.15) is 16.1 Å². The minimum absolute atomic E-state index is 0.179. The maximum absolute atomic E-state index is 13.5. The van der Waals surface area contributed by atoms with E-state index in [2.05, 4.69) is 0 Å². The molecule has 0 unspecified atom stereocenters. The monoisotopic (exact) mass is 327 g/mol. The summed E-state index contributed by atoms with van der Waals surface area (Å²) >= 11 is 0. The summed E-state index contributed by atoms with van der Waals surface area (Å²) in [5.41, 5.74) is 1.51. The van der Waals surface area contributed by atoms with E-state index < -0.39 is 5.82 Å². The zero-order valence-corrected chi connectivity index (χ0v) is 13.6. The summed E-state index contributed by atoms with van der Waals surface area (Å²) in [5, 5.41) is 0.928. The van der Waals surface area contributed by atoms with Crippen molar-refractivity contribution in [1.82, 2.24) is 4.90 Å². The number of halogens is 1. The van der Waals surface area contributed by atoms with Crippen molar-refractivity contribution >= 4 is 16.9 Å². The van der Waals surface area contributed by atoms with Gasteiger partial charge >= 0.3 is 0 Å². The van der Waals surface area contributed by atoms with E-state index in [1.54, 1.807) is 25.2 Å². The summed E-state index contributed by atoms with van der Waals surface area (Å²) in [6.45, 7) is 2.38. The van der Waals surface area contributed by atoms with Crippen LogP contribution >= 0.6 is 0 Å². The van der Waals surface area contributed by atoms with Crippen LogP contribution in [0, 0.1) is 12.7 Å².